The summed E-state index contributed by atoms with van der Waals surface area (Å²) < 4.78 is 11.0. The molecule has 1 aromatic carbocycles. The molecule has 1 fully saturated rings. The van der Waals surface area contributed by atoms with E-state index in [-0.39, 0.29) is 12.1 Å². The molecule has 4 nitrogen and oxygen atoms in total. The maximum absolute atomic E-state index is 9.93. The molecule has 1 aliphatic rings. The lowest BCUT2D eigenvalue weighted by molar-refractivity contribution is -0.0168. The molecule has 2 N–H and O–H groups in total. The first kappa shape index (κ1) is 16.4. The highest BCUT2D eigenvalue weighted by molar-refractivity contribution is 5.23. The van der Waals surface area contributed by atoms with Crippen LogP contribution in [0.4, 0.5) is 0 Å². The zero-order chi connectivity index (χ0) is 15.1. The standard InChI is InChI=1S/C17H27NO3/c1-13-5-7-15(8-6-13)14(2)18-10-16(19)11-20-12-17-4-3-9-21-17/h5-8,14,16-19H,3-4,9-12H2,1-2H3/t14-,16?,17?/m1/s1. The van der Waals surface area contributed by atoms with Crippen molar-refractivity contribution in [2.24, 2.45) is 0 Å². The molecule has 1 aliphatic heterocycles. The molecular weight excluding hydrogens is 266 g/mol. The molecule has 118 valence electrons. The number of hydrogen-bond donors (Lipinski definition) is 2. The Kier molecular flexibility index (Phi) is 6.64. The third kappa shape index (κ3) is 5.75. The molecule has 0 aliphatic carbocycles. The van der Waals surface area contributed by atoms with Crippen LogP contribution >= 0.6 is 0 Å². The van der Waals surface area contributed by atoms with Crippen LogP contribution in [0.1, 0.15) is 36.9 Å². The number of aliphatic hydroxyl groups excluding tert-OH is 1. The summed E-state index contributed by atoms with van der Waals surface area (Å²) in [5.74, 6) is 0. The molecule has 21 heavy (non-hydrogen) atoms. The summed E-state index contributed by atoms with van der Waals surface area (Å²) in [7, 11) is 0. The molecule has 4 heteroatoms. The summed E-state index contributed by atoms with van der Waals surface area (Å²) in [6, 6.07) is 8.67. The zero-order valence-corrected chi connectivity index (χ0v) is 13.0. The fraction of sp³-hybridized carbons (Fsp3) is 0.647. The number of benzene rings is 1. The van der Waals surface area contributed by atoms with E-state index in [4.69, 9.17) is 9.47 Å². The fourth-order valence-corrected chi connectivity index (χ4v) is 2.46. The molecule has 0 bridgehead atoms. The first-order valence-corrected chi connectivity index (χ1v) is 7.82. The Hall–Kier alpha value is -0.940. The first-order valence-electron chi connectivity index (χ1n) is 7.82. The topological polar surface area (TPSA) is 50.7 Å². The van der Waals surface area contributed by atoms with Gasteiger partial charge >= 0.3 is 0 Å². The third-order valence-corrected chi connectivity index (χ3v) is 3.87. The number of ether oxygens (including phenoxy) is 2. The molecule has 1 heterocycles. The molecule has 3 atom stereocenters. The van der Waals surface area contributed by atoms with Gasteiger partial charge in [-0.05, 0) is 32.3 Å². The third-order valence-electron chi connectivity index (χ3n) is 3.87. The Morgan fingerprint density at radius 3 is 2.81 bits per heavy atom. The predicted molar refractivity (Wildman–Crippen MR) is 83.4 cm³/mol. The van der Waals surface area contributed by atoms with Crippen molar-refractivity contribution >= 4 is 0 Å². The summed E-state index contributed by atoms with van der Waals surface area (Å²) in [4.78, 5) is 0. The van der Waals surface area contributed by atoms with Crippen LogP contribution < -0.4 is 5.32 Å². The second kappa shape index (κ2) is 8.49. The van der Waals surface area contributed by atoms with Crippen molar-refractivity contribution in [3.05, 3.63) is 35.4 Å². The monoisotopic (exact) mass is 293 g/mol. The lowest BCUT2D eigenvalue weighted by atomic mass is 10.1. The van der Waals surface area contributed by atoms with Gasteiger partial charge in [-0.1, -0.05) is 29.8 Å². The molecular formula is C17H27NO3. The van der Waals surface area contributed by atoms with Crippen molar-refractivity contribution in [2.45, 2.75) is 44.9 Å². The number of aliphatic hydroxyl groups is 1. The Morgan fingerprint density at radius 1 is 1.38 bits per heavy atom. The van der Waals surface area contributed by atoms with Crippen LogP contribution in [-0.4, -0.2) is 43.7 Å². The second-order valence-corrected chi connectivity index (χ2v) is 5.87. The van der Waals surface area contributed by atoms with Gasteiger partial charge in [0, 0.05) is 19.2 Å². The van der Waals surface area contributed by atoms with Crippen molar-refractivity contribution in [3.63, 3.8) is 0 Å². The highest BCUT2D eigenvalue weighted by atomic mass is 16.5. The SMILES string of the molecule is Cc1ccc([C@@H](C)NCC(O)COCC2CCCO2)cc1. The van der Waals surface area contributed by atoms with E-state index in [9.17, 15) is 5.11 Å². The largest absolute Gasteiger partial charge is 0.389 e. The minimum absolute atomic E-state index is 0.219. The number of nitrogens with one attached hydrogen (secondary N) is 1. The number of hydrogen-bond acceptors (Lipinski definition) is 4. The van der Waals surface area contributed by atoms with E-state index in [2.05, 4.69) is 43.4 Å². The lowest BCUT2D eigenvalue weighted by Gasteiger charge is -2.18. The number of rotatable bonds is 8. The Balaban J connectivity index is 1.61. The van der Waals surface area contributed by atoms with Crippen LogP contribution in [0.3, 0.4) is 0 Å². The molecule has 0 saturated carbocycles. The van der Waals surface area contributed by atoms with Crippen molar-refractivity contribution in [2.75, 3.05) is 26.4 Å². The summed E-state index contributed by atoms with van der Waals surface area (Å²) in [5, 5.41) is 13.3. The average molecular weight is 293 g/mol. The van der Waals surface area contributed by atoms with Gasteiger partial charge in [0.2, 0.25) is 0 Å². The van der Waals surface area contributed by atoms with E-state index in [1.54, 1.807) is 0 Å². The predicted octanol–water partition coefficient (Wildman–Crippen LogP) is 2.20. The van der Waals surface area contributed by atoms with Gasteiger partial charge in [-0.3, -0.25) is 0 Å². The van der Waals surface area contributed by atoms with Gasteiger partial charge in [-0.15, -0.1) is 0 Å². The fourth-order valence-electron chi connectivity index (χ4n) is 2.46. The molecule has 0 amide bonds. The van der Waals surface area contributed by atoms with E-state index < -0.39 is 6.10 Å². The van der Waals surface area contributed by atoms with Gasteiger partial charge < -0.3 is 19.9 Å². The summed E-state index contributed by atoms with van der Waals surface area (Å²) in [5.41, 5.74) is 2.49. The Bertz CT molecular complexity index is 401. The quantitative estimate of drug-likeness (QED) is 0.771. The maximum Gasteiger partial charge on any atom is 0.0897 e. The molecule has 2 rings (SSSR count). The highest BCUT2D eigenvalue weighted by Crippen LogP contribution is 2.13. The molecule has 2 unspecified atom stereocenters. The normalized spacial score (nSPS) is 21.4. The van der Waals surface area contributed by atoms with Crippen molar-refractivity contribution in [1.29, 1.82) is 0 Å². The van der Waals surface area contributed by atoms with Crippen LogP contribution in [-0.2, 0) is 9.47 Å². The molecule has 0 aromatic heterocycles. The Morgan fingerprint density at radius 2 is 2.14 bits per heavy atom. The van der Waals surface area contributed by atoms with Crippen molar-refractivity contribution < 1.29 is 14.6 Å². The van der Waals surface area contributed by atoms with Gasteiger partial charge in [0.05, 0.1) is 25.4 Å². The van der Waals surface area contributed by atoms with Gasteiger partial charge in [-0.2, -0.15) is 0 Å². The highest BCUT2D eigenvalue weighted by Gasteiger charge is 2.16. The van der Waals surface area contributed by atoms with Crippen LogP contribution in [0.5, 0.6) is 0 Å². The summed E-state index contributed by atoms with van der Waals surface area (Å²) >= 11 is 0. The van der Waals surface area contributed by atoms with Crippen molar-refractivity contribution in [1.82, 2.24) is 5.32 Å². The van der Waals surface area contributed by atoms with E-state index in [0.717, 1.165) is 19.4 Å². The molecule has 1 saturated heterocycles. The van der Waals surface area contributed by atoms with E-state index in [1.807, 2.05) is 0 Å². The van der Waals surface area contributed by atoms with Gasteiger partial charge in [-0.25, -0.2) is 0 Å². The smallest absolute Gasteiger partial charge is 0.0897 e. The summed E-state index contributed by atoms with van der Waals surface area (Å²) in [6.45, 7) is 6.49. The first-order chi connectivity index (χ1) is 10.1. The second-order valence-electron chi connectivity index (χ2n) is 5.87. The minimum Gasteiger partial charge on any atom is -0.389 e. The summed E-state index contributed by atoms with van der Waals surface area (Å²) in [6.07, 6.45) is 1.92. The van der Waals surface area contributed by atoms with Crippen LogP contribution in [0, 0.1) is 6.92 Å². The molecule has 1 aromatic rings. The zero-order valence-electron chi connectivity index (χ0n) is 13.0. The molecule has 0 spiro atoms. The van der Waals surface area contributed by atoms with E-state index in [0.29, 0.717) is 19.8 Å². The van der Waals surface area contributed by atoms with Gasteiger partial charge in [0.1, 0.15) is 0 Å². The number of aryl methyl sites for hydroxylation is 1. The van der Waals surface area contributed by atoms with Gasteiger partial charge in [0.25, 0.3) is 0 Å². The van der Waals surface area contributed by atoms with Crippen LogP contribution in [0.2, 0.25) is 0 Å². The van der Waals surface area contributed by atoms with E-state index >= 15 is 0 Å². The van der Waals surface area contributed by atoms with E-state index in [1.165, 1.54) is 11.1 Å². The Labute approximate surface area is 127 Å². The molecule has 0 radical (unpaired) electrons. The van der Waals surface area contributed by atoms with Crippen LogP contribution in [0.25, 0.3) is 0 Å². The van der Waals surface area contributed by atoms with Gasteiger partial charge in [0.15, 0.2) is 0 Å². The maximum atomic E-state index is 9.93. The average Bonchev–Trinajstić information content (AvgIpc) is 2.99. The lowest BCUT2D eigenvalue weighted by Crippen LogP contribution is -2.33. The minimum atomic E-state index is -0.487. The van der Waals surface area contributed by atoms with Crippen molar-refractivity contribution in [3.8, 4) is 0 Å². The van der Waals surface area contributed by atoms with Crippen LogP contribution in [0.15, 0.2) is 24.3 Å².